The summed E-state index contributed by atoms with van der Waals surface area (Å²) >= 11 is 5.68. The van der Waals surface area contributed by atoms with Gasteiger partial charge in [-0.1, -0.05) is 11.6 Å². The molecule has 0 fully saturated rings. The third kappa shape index (κ3) is 3.80. The molecule has 1 rings (SSSR count). The molecule has 0 aliphatic rings. The van der Waals surface area contributed by atoms with Crippen molar-refractivity contribution in [1.82, 2.24) is 4.72 Å². The van der Waals surface area contributed by atoms with Crippen LogP contribution in [0.2, 0.25) is 5.02 Å². The summed E-state index contributed by atoms with van der Waals surface area (Å²) < 4.78 is 30.7. The molecule has 0 heterocycles. The van der Waals surface area contributed by atoms with Crippen LogP contribution in [0.15, 0.2) is 18.2 Å². The highest BCUT2D eigenvalue weighted by atomic mass is 35.5. The summed E-state index contributed by atoms with van der Waals surface area (Å²) in [6, 6.07) is 5.81. The minimum absolute atomic E-state index is 0.0404. The van der Waals surface area contributed by atoms with Crippen LogP contribution in [0.5, 0.6) is 0 Å². The van der Waals surface area contributed by atoms with Gasteiger partial charge in [0.1, 0.15) is 6.07 Å². The summed E-state index contributed by atoms with van der Waals surface area (Å²) in [7, 11) is -3.16. The number of nitrogens with one attached hydrogen (secondary N) is 2. The third-order valence-electron chi connectivity index (χ3n) is 1.75. The first kappa shape index (κ1) is 14.1. The molecule has 2 N–H and O–H groups in total. The van der Waals surface area contributed by atoms with Gasteiger partial charge in [-0.2, -0.15) is 13.7 Å². The summed E-state index contributed by atoms with van der Waals surface area (Å²) in [5.74, 6) is 0. The van der Waals surface area contributed by atoms with Crippen LogP contribution in [0.1, 0.15) is 5.56 Å². The second kappa shape index (κ2) is 5.57. The van der Waals surface area contributed by atoms with Crippen LogP contribution in [0.3, 0.4) is 0 Å². The molecular formula is C9H8ClN3O4S. The number of hydrogen-bond donors (Lipinski definition) is 2. The molecule has 9 heteroatoms. The lowest BCUT2D eigenvalue weighted by molar-refractivity contribution is 0.177. The number of rotatable bonds is 3. The predicted molar refractivity (Wildman–Crippen MR) is 64.3 cm³/mol. The Hall–Kier alpha value is -1.98. The van der Waals surface area contributed by atoms with Gasteiger partial charge in [0.2, 0.25) is 0 Å². The molecule has 0 saturated heterocycles. The standard InChI is InChI=1S/C9H8ClN3O4S/c1-17-9(14)13-18(15,16)12-8-4-7(10)3-2-6(8)5-11/h2-4,12H,1H3,(H,13,14). The summed E-state index contributed by atoms with van der Waals surface area (Å²) in [5, 5.41) is 9.03. The molecule has 1 aromatic rings. The lowest BCUT2D eigenvalue weighted by atomic mass is 10.2. The van der Waals surface area contributed by atoms with Crippen LogP contribution in [0, 0.1) is 11.3 Å². The van der Waals surface area contributed by atoms with E-state index >= 15 is 0 Å². The van der Waals surface area contributed by atoms with Gasteiger partial charge in [-0.15, -0.1) is 0 Å². The Morgan fingerprint density at radius 3 is 2.72 bits per heavy atom. The molecule has 1 aromatic carbocycles. The van der Waals surface area contributed by atoms with E-state index in [2.05, 4.69) is 4.74 Å². The van der Waals surface area contributed by atoms with Crippen molar-refractivity contribution in [3.05, 3.63) is 28.8 Å². The Labute approximate surface area is 108 Å². The van der Waals surface area contributed by atoms with Gasteiger partial charge in [0.25, 0.3) is 0 Å². The second-order valence-electron chi connectivity index (χ2n) is 3.00. The molecule has 96 valence electrons. The van der Waals surface area contributed by atoms with Gasteiger partial charge in [0, 0.05) is 5.02 Å². The van der Waals surface area contributed by atoms with E-state index in [0.29, 0.717) is 0 Å². The number of hydrogen-bond acceptors (Lipinski definition) is 5. The van der Waals surface area contributed by atoms with Crippen molar-refractivity contribution in [3.63, 3.8) is 0 Å². The molecule has 18 heavy (non-hydrogen) atoms. The van der Waals surface area contributed by atoms with Crippen LogP contribution in [-0.2, 0) is 14.9 Å². The van der Waals surface area contributed by atoms with Crippen LogP contribution in [0.4, 0.5) is 10.5 Å². The number of amides is 1. The van der Waals surface area contributed by atoms with Crippen molar-refractivity contribution in [1.29, 1.82) is 5.26 Å². The highest BCUT2D eigenvalue weighted by molar-refractivity contribution is 7.91. The summed E-state index contributed by atoms with van der Waals surface area (Å²) in [6.45, 7) is 0. The summed E-state index contributed by atoms with van der Waals surface area (Å²) in [5.41, 5.74) is 0.0241. The predicted octanol–water partition coefficient (Wildman–Crippen LogP) is 1.22. The Bertz CT molecular complexity index is 609. The molecule has 0 radical (unpaired) electrons. The quantitative estimate of drug-likeness (QED) is 0.870. The smallest absolute Gasteiger partial charge is 0.422 e. The van der Waals surface area contributed by atoms with Gasteiger partial charge < -0.3 is 4.74 Å². The van der Waals surface area contributed by atoms with Crippen LogP contribution in [0.25, 0.3) is 0 Å². The molecule has 0 saturated carbocycles. The lowest BCUT2D eigenvalue weighted by Gasteiger charge is -2.09. The maximum Gasteiger partial charge on any atom is 0.422 e. The van der Waals surface area contributed by atoms with E-state index in [9.17, 15) is 13.2 Å². The highest BCUT2D eigenvalue weighted by Crippen LogP contribution is 2.21. The monoisotopic (exact) mass is 289 g/mol. The molecule has 0 aromatic heterocycles. The fourth-order valence-electron chi connectivity index (χ4n) is 1.02. The molecule has 0 aliphatic carbocycles. The van der Waals surface area contributed by atoms with Gasteiger partial charge in [-0.05, 0) is 18.2 Å². The van der Waals surface area contributed by atoms with E-state index in [4.69, 9.17) is 16.9 Å². The number of ether oxygens (including phenoxy) is 1. The zero-order valence-corrected chi connectivity index (χ0v) is 10.7. The number of nitriles is 1. The van der Waals surface area contributed by atoms with E-state index in [1.807, 2.05) is 4.72 Å². The average molecular weight is 290 g/mol. The number of halogens is 1. The molecular weight excluding hydrogens is 282 g/mol. The first-order valence-electron chi connectivity index (χ1n) is 4.46. The highest BCUT2D eigenvalue weighted by Gasteiger charge is 2.16. The Morgan fingerprint density at radius 2 is 2.17 bits per heavy atom. The van der Waals surface area contributed by atoms with Gasteiger partial charge in [0.15, 0.2) is 0 Å². The van der Waals surface area contributed by atoms with Crippen molar-refractivity contribution in [2.45, 2.75) is 0 Å². The first-order chi connectivity index (χ1) is 8.38. The summed E-state index contributed by atoms with van der Waals surface area (Å²) in [6.07, 6.45) is -1.15. The van der Waals surface area contributed by atoms with Crippen molar-refractivity contribution >= 4 is 33.6 Å². The van der Waals surface area contributed by atoms with Crippen molar-refractivity contribution in [2.24, 2.45) is 0 Å². The van der Waals surface area contributed by atoms with Gasteiger partial charge in [-0.25, -0.2) is 9.52 Å². The Morgan fingerprint density at radius 1 is 1.50 bits per heavy atom. The maximum absolute atomic E-state index is 11.5. The molecule has 0 aliphatic heterocycles. The number of carbonyl (C=O) groups is 1. The van der Waals surface area contributed by atoms with E-state index < -0.39 is 16.3 Å². The normalized spacial score (nSPS) is 10.3. The fraction of sp³-hybridized carbons (Fsp3) is 0.111. The lowest BCUT2D eigenvalue weighted by Crippen LogP contribution is -2.35. The molecule has 0 bridgehead atoms. The molecule has 7 nitrogen and oxygen atoms in total. The Kier molecular flexibility index (Phi) is 4.36. The zero-order chi connectivity index (χ0) is 13.8. The molecule has 0 spiro atoms. The number of carbonyl (C=O) groups excluding carboxylic acids is 1. The largest absolute Gasteiger partial charge is 0.452 e. The minimum Gasteiger partial charge on any atom is -0.452 e. The second-order valence-corrected chi connectivity index (χ2v) is 4.85. The molecule has 0 atom stereocenters. The van der Waals surface area contributed by atoms with Crippen molar-refractivity contribution < 1.29 is 17.9 Å². The topological polar surface area (TPSA) is 108 Å². The van der Waals surface area contributed by atoms with Crippen LogP contribution >= 0.6 is 11.6 Å². The molecule has 1 amide bonds. The molecule has 0 unspecified atom stereocenters. The summed E-state index contributed by atoms with van der Waals surface area (Å²) in [4.78, 5) is 10.8. The van der Waals surface area contributed by atoms with Gasteiger partial charge in [0.05, 0.1) is 18.4 Å². The number of nitrogens with zero attached hydrogens (tertiary/aromatic N) is 1. The SMILES string of the molecule is COC(=O)NS(=O)(=O)Nc1cc(Cl)ccc1C#N. The number of methoxy groups -OCH3 is 1. The van der Waals surface area contributed by atoms with E-state index in [1.54, 1.807) is 10.8 Å². The van der Waals surface area contributed by atoms with E-state index in [0.717, 1.165) is 7.11 Å². The number of benzene rings is 1. The maximum atomic E-state index is 11.5. The number of anilines is 1. The van der Waals surface area contributed by atoms with E-state index in [-0.39, 0.29) is 16.3 Å². The van der Waals surface area contributed by atoms with Gasteiger partial charge >= 0.3 is 16.3 Å². The average Bonchev–Trinajstić information content (AvgIpc) is 2.28. The Balaban J connectivity index is 3.01. The van der Waals surface area contributed by atoms with Crippen LogP contribution < -0.4 is 9.44 Å². The van der Waals surface area contributed by atoms with E-state index in [1.165, 1.54) is 18.2 Å². The fourth-order valence-corrected chi connectivity index (χ4v) is 2.00. The zero-order valence-electron chi connectivity index (χ0n) is 9.10. The third-order valence-corrected chi connectivity index (χ3v) is 2.91. The van der Waals surface area contributed by atoms with Crippen LogP contribution in [-0.4, -0.2) is 21.6 Å². The van der Waals surface area contributed by atoms with Crippen molar-refractivity contribution in [3.8, 4) is 6.07 Å². The first-order valence-corrected chi connectivity index (χ1v) is 6.32. The minimum atomic E-state index is -4.18. The van der Waals surface area contributed by atoms with Crippen molar-refractivity contribution in [2.75, 3.05) is 11.8 Å². The van der Waals surface area contributed by atoms with Gasteiger partial charge in [-0.3, -0.25) is 4.72 Å².